The largest absolute Gasteiger partial charge is 0.456 e. The Kier molecular flexibility index (Phi) is 18.8. The van der Waals surface area contributed by atoms with Crippen LogP contribution in [0.15, 0.2) is 511 Å². The molecular weight excluding hydrogens is 1800 g/mol. The molecule has 13 aromatic heterocycles. The summed E-state index contributed by atoms with van der Waals surface area (Å²) in [4.78, 5) is 19.2. The third kappa shape index (κ3) is 13.3. The van der Waals surface area contributed by atoms with Gasteiger partial charge in [-0.1, -0.05) is 249 Å². The van der Waals surface area contributed by atoms with Crippen molar-refractivity contribution >= 4 is 197 Å². The molecular formula is C134H82N10O3. The average molecular weight is 1880 g/mol. The summed E-state index contributed by atoms with van der Waals surface area (Å²) in [6.45, 7) is 0. The van der Waals surface area contributed by atoms with Crippen molar-refractivity contribution in [2.24, 2.45) is 0 Å². The number of rotatable bonds is 11. The molecule has 13 heteroatoms. The number of aromatic nitrogens is 10. The van der Waals surface area contributed by atoms with Gasteiger partial charge >= 0.3 is 0 Å². The second-order valence-electron chi connectivity index (χ2n) is 37.9. The number of hydrogen-bond donors (Lipinski definition) is 0. The lowest BCUT2D eigenvalue weighted by Gasteiger charge is -2.12. The van der Waals surface area contributed by atoms with Crippen LogP contribution in [0.1, 0.15) is 0 Å². The molecule has 0 amide bonds. The maximum absolute atomic E-state index is 6.71. The van der Waals surface area contributed by atoms with E-state index in [1.165, 1.54) is 87.1 Å². The average Bonchev–Trinajstić information content (AvgIpc) is 1.57. The molecule has 13 heterocycles. The Morgan fingerprint density at radius 3 is 0.980 bits per heavy atom. The lowest BCUT2D eigenvalue weighted by Crippen LogP contribution is -1.97. The van der Waals surface area contributed by atoms with Gasteiger partial charge in [-0.05, 0) is 263 Å². The van der Waals surface area contributed by atoms with Gasteiger partial charge in [0.15, 0.2) is 0 Å². The first kappa shape index (κ1) is 82.8. The van der Waals surface area contributed by atoms with E-state index < -0.39 is 0 Å². The number of pyridine rings is 4. The van der Waals surface area contributed by atoms with Crippen LogP contribution in [0.25, 0.3) is 287 Å². The van der Waals surface area contributed by atoms with E-state index in [1.807, 2.05) is 43.0 Å². The Morgan fingerprint density at radius 2 is 0.490 bits per heavy atom. The minimum absolute atomic E-state index is 0.847. The minimum atomic E-state index is 0.847. The van der Waals surface area contributed by atoms with E-state index in [9.17, 15) is 0 Å². The lowest BCUT2D eigenvalue weighted by atomic mass is 9.99. The molecule has 0 atom stereocenters. The monoisotopic (exact) mass is 1880 g/mol. The predicted molar refractivity (Wildman–Crippen MR) is 606 cm³/mol. The van der Waals surface area contributed by atoms with E-state index in [-0.39, 0.29) is 0 Å². The molecule has 0 bridgehead atoms. The molecule has 0 radical (unpaired) electrons. The van der Waals surface area contributed by atoms with Crippen molar-refractivity contribution in [1.82, 2.24) is 47.3 Å². The van der Waals surface area contributed by atoms with Crippen molar-refractivity contribution in [1.29, 1.82) is 0 Å². The summed E-state index contributed by atoms with van der Waals surface area (Å²) in [5.41, 5.74) is 38.2. The highest BCUT2D eigenvalue weighted by Gasteiger charge is 2.26. The van der Waals surface area contributed by atoms with E-state index in [0.29, 0.717) is 0 Å². The summed E-state index contributed by atoms with van der Waals surface area (Å²) in [6.07, 6.45) is 7.53. The summed E-state index contributed by atoms with van der Waals surface area (Å²) in [7, 11) is 0. The zero-order valence-electron chi connectivity index (χ0n) is 79.0. The van der Waals surface area contributed by atoms with Crippen LogP contribution in [0.4, 0.5) is 0 Å². The molecule has 0 saturated carbocycles. The third-order valence-corrected chi connectivity index (χ3v) is 29.7. The van der Waals surface area contributed by atoms with E-state index >= 15 is 0 Å². The topological polar surface area (TPSA) is 121 Å². The number of benzene rings is 19. The third-order valence-electron chi connectivity index (χ3n) is 29.7. The van der Waals surface area contributed by atoms with Crippen molar-refractivity contribution in [3.05, 3.63) is 498 Å². The maximum Gasteiger partial charge on any atom is 0.145 e. The number of para-hydroxylation sites is 9. The zero-order chi connectivity index (χ0) is 96.4. The molecule has 0 fully saturated rings. The molecule has 0 spiro atoms. The zero-order valence-corrected chi connectivity index (χ0v) is 79.0. The van der Waals surface area contributed by atoms with Crippen LogP contribution in [-0.4, -0.2) is 47.3 Å². The minimum Gasteiger partial charge on any atom is -0.456 e. The highest BCUT2D eigenvalue weighted by atomic mass is 16.3. The smallest absolute Gasteiger partial charge is 0.145 e. The Morgan fingerprint density at radius 1 is 0.156 bits per heavy atom. The molecule has 13 nitrogen and oxygen atoms in total. The molecule has 0 N–H and O–H groups in total. The van der Waals surface area contributed by atoms with Crippen LogP contribution in [0.3, 0.4) is 0 Å². The van der Waals surface area contributed by atoms with Gasteiger partial charge in [-0.15, -0.1) is 0 Å². The van der Waals surface area contributed by atoms with Gasteiger partial charge in [0.05, 0.1) is 89.3 Å². The second-order valence-corrected chi connectivity index (χ2v) is 37.9. The predicted octanol–water partition coefficient (Wildman–Crippen LogP) is 35.3. The van der Waals surface area contributed by atoms with Gasteiger partial charge in [-0.3, -0.25) is 19.5 Å². The normalized spacial score (nSPS) is 11.9. The quantitative estimate of drug-likeness (QED) is 0.126. The first-order chi connectivity index (χ1) is 72.9. The summed E-state index contributed by atoms with van der Waals surface area (Å²) in [5, 5.41) is 18.7. The molecule has 686 valence electrons. The Hall–Kier alpha value is -20.0. The van der Waals surface area contributed by atoms with Crippen LogP contribution in [0.5, 0.6) is 0 Å². The first-order valence-electron chi connectivity index (χ1n) is 49.7. The number of furan rings is 3. The van der Waals surface area contributed by atoms with Gasteiger partial charge < -0.3 is 36.1 Å². The number of fused-ring (bicyclic) bond motifs is 27. The van der Waals surface area contributed by atoms with Crippen LogP contribution in [0, 0.1) is 0 Å². The first-order valence-corrected chi connectivity index (χ1v) is 49.7. The molecule has 0 aliphatic carbocycles. The molecule has 32 rings (SSSR count). The van der Waals surface area contributed by atoms with Gasteiger partial charge in [-0.25, -0.2) is 4.98 Å². The molecule has 0 unspecified atom stereocenters. The maximum atomic E-state index is 6.71. The van der Waals surface area contributed by atoms with Gasteiger partial charge in [0.2, 0.25) is 0 Å². The standard InChI is InChI=1S/2C47H29N3O.C40H24N4O/c1-2-12-30(13-3-1)33-28-43(50-42-22-9-6-18-37(42)38-19-11-25-48-47(38)50)46-39-27-32(23-24-44(39)51-45(46)29-33)31-14-10-15-34(26-31)49-40-20-7-4-16-35(40)36-17-5-8-21-41(36)49;1-2-12-33(13-3-1)49-44-20-9-6-17-37(44)38-28-41(48-29-45(38)49)32-22-24-47-40(27-32)39-26-31(21-23-46(39)51-47)30-11-10-14-34(25-30)50-42-18-7-4-15-35(42)36-16-5-8-19-43(36)50;1-3-12-33-29(10-1)30-11-2-4-13-34(30)43(33)27-9-5-8-25(22-27)26-16-19-37-32(23-26)31-18-17-28(24-38(31)45-37)44-35-14-6-20-41-39(35)40-36(44)15-7-21-42-40/h2*1-29H;1-24H. The summed E-state index contributed by atoms with van der Waals surface area (Å²) in [6, 6.07) is 168. The molecule has 0 aliphatic rings. The van der Waals surface area contributed by atoms with Crippen LogP contribution >= 0.6 is 0 Å². The van der Waals surface area contributed by atoms with E-state index in [2.05, 4.69) is 492 Å². The summed E-state index contributed by atoms with van der Waals surface area (Å²) < 4.78 is 33.4. The Labute approximate surface area is 839 Å². The number of hydrogen-bond acceptors (Lipinski definition) is 7. The van der Waals surface area contributed by atoms with Crippen LogP contribution < -0.4 is 0 Å². The lowest BCUT2D eigenvalue weighted by molar-refractivity contribution is 0.668. The van der Waals surface area contributed by atoms with E-state index in [1.54, 1.807) is 0 Å². The Bertz CT molecular complexity index is 10800. The highest BCUT2D eigenvalue weighted by Crippen LogP contribution is 2.47. The number of nitrogens with zero attached hydrogens (tertiary/aromatic N) is 10. The van der Waals surface area contributed by atoms with E-state index in [0.717, 1.165) is 200 Å². The van der Waals surface area contributed by atoms with Crippen molar-refractivity contribution in [3.8, 4) is 89.9 Å². The molecule has 32 aromatic rings. The SMILES string of the molecule is c1cc(-c2ccc3oc4cc(-n5c6cccnc6c6ncccc65)ccc4c3c2)cc(-n2c3ccccc3c3ccccc32)c1.c1ccc(-c2cc(-n3c4ccccc4c4cccnc43)c3c(c2)oc2ccc(-c4cccc(-n5c6ccccc6c6ccccc65)c4)cc23)cc1.c1ccc(-n2c3ccccc3c3cc(-c4ccc5oc6ccc(-c7cccc(-n8c9ccccc9c9ccccc98)c7)cc6c5c4)ncc32)cc1. The van der Waals surface area contributed by atoms with Crippen molar-refractivity contribution in [3.63, 3.8) is 0 Å². The fourth-order valence-electron chi connectivity index (χ4n) is 23.2. The van der Waals surface area contributed by atoms with Gasteiger partial charge in [-0.2, -0.15) is 0 Å². The van der Waals surface area contributed by atoms with Crippen molar-refractivity contribution in [2.45, 2.75) is 0 Å². The van der Waals surface area contributed by atoms with Crippen LogP contribution in [0.2, 0.25) is 0 Å². The van der Waals surface area contributed by atoms with Crippen LogP contribution in [-0.2, 0) is 0 Å². The second kappa shape index (κ2) is 33.3. The van der Waals surface area contributed by atoms with E-state index in [4.69, 9.17) is 23.2 Å². The molecule has 147 heavy (non-hydrogen) atoms. The summed E-state index contributed by atoms with van der Waals surface area (Å²) >= 11 is 0. The Balaban J connectivity index is 0.000000102. The molecule has 19 aromatic carbocycles. The fourth-order valence-corrected chi connectivity index (χ4v) is 23.2. The van der Waals surface area contributed by atoms with Crippen molar-refractivity contribution in [2.75, 3.05) is 0 Å². The van der Waals surface area contributed by atoms with Gasteiger partial charge in [0.25, 0.3) is 0 Å². The summed E-state index contributed by atoms with van der Waals surface area (Å²) in [5.74, 6) is 0. The molecule has 0 saturated heterocycles. The van der Waals surface area contributed by atoms with Crippen molar-refractivity contribution < 1.29 is 13.3 Å². The fraction of sp³-hybridized carbons (Fsp3) is 0. The van der Waals surface area contributed by atoms with Gasteiger partial charge in [0.1, 0.15) is 50.2 Å². The highest BCUT2D eigenvalue weighted by molar-refractivity contribution is 6.19. The van der Waals surface area contributed by atoms with Gasteiger partial charge in [0, 0.05) is 134 Å². The molecule has 0 aliphatic heterocycles.